The number of likely N-dealkylation sites (tertiary alicyclic amines) is 2. The monoisotopic (exact) mass is 791 g/mol. The van der Waals surface area contributed by atoms with Gasteiger partial charge in [-0.05, 0) is 72.4 Å². The summed E-state index contributed by atoms with van der Waals surface area (Å²) in [5.41, 5.74) is 6.36. The Morgan fingerprint density at radius 3 is 2.09 bits per heavy atom. The third-order valence-electron chi connectivity index (χ3n) is 11.4. The summed E-state index contributed by atoms with van der Waals surface area (Å²) >= 11 is 0. The molecule has 5 N–H and O–H groups in total. The van der Waals surface area contributed by atoms with Crippen molar-refractivity contribution in [3.05, 3.63) is 78.6 Å². The Bertz CT molecular complexity index is 2230. The number of methoxy groups -OCH3 is 2. The zero-order valence-corrected chi connectivity index (χ0v) is 33.9. The number of hydrogen-bond donors (Lipinski definition) is 5. The number of amides is 3. The van der Waals surface area contributed by atoms with Crippen molar-refractivity contribution in [2.24, 2.45) is 11.8 Å². The van der Waals surface area contributed by atoms with Gasteiger partial charge in [-0.15, -0.1) is 0 Å². The fraction of sp³-hybridized carbons (Fsp3) is 0.442. The molecule has 0 bridgehead atoms. The van der Waals surface area contributed by atoms with Crippen molar-refractivity contribution in [2.75, 3.05) is 27.3 Å². The summed E-state index contributed by atoms with van der Waals surface area (Å²) in [4.78, 5) is 62.6. The number of ether oxygens (including phenoxy) is 2. The fourth-order valence-corrected chi connectivity index (χ4v) is 8.17. The van der Waals surface area contributed by atoms with Gasteiger partial charge in [0.2, 0.25) is 5.91 Å². The Hall–Kier alpha value is -5.80. The summed E-state index contributed by atoms with van der Waals surface area (Å²) in [7, 11) is 2.61. The Labute approximate surface area is 338 Å². The van der Waals surface area contributed by atoms with E-state index in [2.05, 4.69) is 68.1 Å². The maximum Gasteiger partial charge on any atom is 0.407 e. The molecule has 5 heterocycles. The molecular formula is C43H53N9O6. The zero-order valence-electron chi connectivity index (χ0n) is 33.9. The summed E-state index contributed by atoms with van der Waals surface area (Å²) in [5.74, 6) is 1.21. The van der Waals surface area contributed by atoms with Gasteiger partial charge in [-0.3, -0.25) is 9.69 Å². The number of fused-ring (bicyclic) bond motifs is 1. The predicted molar refractivity (Wildman–Crippen MR) is 219 cm³/mol. The van der Waals surface area contributed by atoms with E-state index in [0.717, 1.165) is 82.0 Å². The average Bonchev–Trinajstić information content (AvgIpc) is 4.07. The molecule has 0 spiro atoms. The normalized spacial score (nSPS) is 18.7. The maximum atomic E-state index is 13.6. The topological polar surface area (TPSA) is 191 Å². The maximum absolute atomic E-state index is 13.6. The minimum atomic E-state index is -0.905. The van der Waals surface area contributed by atoms with Crippen molar-refractivity contribution in [2.45, 2.75) is 83.8 Å². The lowest BCUT2D eigenvalue weighted by Crippen LogP contribution is -2.54. The largest absolute Gasteiger partial charge is 0.453 e. The molecule has 5 aromatic rings. The van der Waals surface area contributed by atoms with Crippen molar-refractivity contribution in [1.29, 1.82) is 0 Å². The number of alkyl carbamates (subject to hydrolysis) is 2. The second-order valence-electron chi connectivity index (χ2n) is 15.8. The van der Waals surface area contributed by atoms with Gasteiger partial charge in [-0.1, -0.05) is 64.1 Å². The van der Waals surface area contributed by atoms with Crippen LogP contribution in [0.4, 0.5) is 9.59 Å². The number of H-pyrrole nitrogens is 2. The lowest BCUT2D eigenvalue weighted by molar-refractivity contribution is -0.135. The van der Waals surface area contributed by atoms with Gasteiger partial charge >= 0.3 is 12.2 Å². The number of aliphatic hydroxyl groups excluding tert-OH is 1. The highest BCUT2D eigenvalue weighted by atomic mass is 16.5. The highest BCUT2D eigenvalue weighted by Crippen LogP contribution is 2.36. The van der Waals surface area contributed by atoms with Gasteiger partial charge in [-0.25, -0.2) is 24.5 Å². The molecule has 2 aliphatic heterocycles. The van der Waals surface area contributed by atoms with Gasteiger partial charge in [0, 0.05) is 18.5 Å². The van der Waals surface area contributed by atoms with E-state index in [-0.39, 0.29) is 29.8 Å². The molecule has 3 amide bonds. The second-order valence-corrected chi connectivity index (χ2v) is 15.8. The Morgan fingerprint density at radius 2 is 1.38 bits per heavy atom. The molecule has 7 rings (SSSR count). The summed E-state index contributed by atoms with van der Waals surface area (Å²) in [6.07, 6.45) is 4.84. The van der Waals surface area contributed by atoms with E-state index in [0.29, 0.717) is 13.1 Å². The molecule has 0 aliphatic carbocycles. The Kier molecular flexibility index (Phi) is 12.1. The van der Waals surface area contributed by atoms with Crippen LogP contribution in [0.5, 0.6) is 0 Å². The molecule has 2 aliphatic rings. The van der Waals surface area contributed by atoms with Crippen LogP contribution >= 0.6 is 0 Å². The van der Waals surface area contributed by atoms with E-state index in [4.69, 9.17) is 19.4 Å². The van der Waals surface area contributed by atoms with Crippen molar-refractivity contribution < 1.29 is 29.0 Å². The number of hydrogen-bond acceptors (Lipinski definition) is 10. The number of rotatable bonds is 12. The number of aromatic nitrogens is 5. The molecule has 0 radical (unpaired) electrons. The average molecular weight is 792 g/mol. The molecule has 2 saturated heterocycles. The highest BCUT2D eigenvalue weighted by molar-refractivity contribution is 5.87. The molecule has 306 valence electrons. The zero-order chi connectivity index (χ0) is 41.1. The van der Waals surface area contributed by atoms with Gasteiger partial charge < -0.3 is 40.1 Å². The van der Waals surface area contributed by atoms with E-state index < -0.39 is 30.5 Å². The molecule has 2 aromatic carbocycles. The molecule has 58 heavy (non-hydrogen) atoms. The van der Waals surface area contributed by atoms with Gasteiger partial charge in [0.05, 0.1) is 67.3 Å². The number of aliphatic hydroxyl groups is 1. The van der Waals surface area contributed by atoms with Gasteiger partial charge in [0.15, 0.2) is 0 Å². The molecule has 15 nitrogen and oxygen atoms in total. The van der Waals surface area contributed by atoms with Crippen LogP contribution in [-0.2, 0) is 14.3 Å². The lowest BCUT2D eigenvalue weighted by Gasteiger charge is -2.35. The van der Waals surface area contributed by atoms with Gasteiger partial charge in [0.1, 0.15) is 23.9 Å². The summed E-state index contributed by atoms with van der Waals surface area (Å²) in [6, 6.07) is 17.0. The molecule has 2 fully saturated rings. The van der Waals surface area contributed by atoms with E-state index >= 15 is 0 Å². The smallest absolute Gasteiger partial charge is 0.407 e. The predicted octanol–water partition coefficient (Wildman–Crippen LogP) is 6.56. The fourth-order valence-electron chi connectivity index (χ4n) is 8.17. The van der Waals surface area contributed by atoms with E-state index in [1.54, 1.807) is 12.4 Å². The molecule has 0 saturated carbocycles. The van der Waals surface area contributed by atoms with Crippen LogP contribution in [0, 0.1) is 11.8 Å². The van der Waals surface area contributed by atoms with Crippen molar-refractivity contribution in [1.82, 2.24) is 45.4 Å². The number of nitrogens with one attached hydrogen (secondary N) is 4. The van der Waals surface area contributed by atoms with E-state index in [1.165, 1.54) is 14.2 Å². The standard InChI is InChI=1S/C43H53N9O6/c1-24(2)36(49-42(55)57-5)40(53)51-19-7-9-34(51)38-44-22-32(47-38)27-13-11-26(12-14-27)28-15-17-30-29(21-28)16-18-31(46-30)33-23-45-39(48-33)35-10-8-20-52(35)41(54)37(25(3)4)50-43(56)58-6/h11-18,21-25,34-37,41,54H,7-10,19-20H2,1-6H3,(H,44,47)(H,45,48)(H,49,55)(H,50,56). The minimum absolute atomic E-state index is 0.0155. The van der Waals surface area contributed by atoms with Crippen LogP contribution in [0.25, 0.3) is 44.7 Å². The van der Waals surface area contributed by atoms with Crippen LogP contribution in [0.2, 0.25) is 0 Å². The number of imidazole rings is 2. The SMILES string of the molecule is COC(=O)NC(C(=O)N1CCCC1c1ncc(-c2ccc(-c3ccc4nc(-c5cnc(C6CCCN6C(O)C(NC(=O)OC)C(C)C)[nH]5)ccc4c3)cc2)[nH]1)C(C)C. The summed E-state index contributed by atoms with van der Waals surface area (Å²) < 4.78 is 9.56. The third-order valence-corrected chi connectivity index (χ3v) is 11.4. The van der Waals surface area contributed by atoms with Crippen molar-refractivity contribution in [3.63, 3.8) is 0 Å². The second kappa shape index (κ2) is 17.4. The van der Waals surface area contributed by atoms with Crippen LogP contribution in [0.3, 0.4) is 0 Å². The first-order valence-electron chi connectivity index (χ1n) is 20.0. The van der Waals surface area contributed by atoms with Crippen LogP contribution in [0.1, 0.15) is 77.1 Å². The van der Waals surface area contributed by atoms with E-state index in [1.807, 2.05) is 49.6 Å². The number of nitrogens with zero attached hydrogens (tertiary/aromatic N) is 5. The summed E-state index contributed by atoms with van der Waals surface area (Å²) in [5, 5.41) is 17.8. The number of aromatic amines is 2. The molecule has 3 aromatic heterocycles. The Morgan fingerprint density at radius 1 is 0.759 bits per heavy atom. The summed E-state index contributed by atoms with van der Waals surface area (Å²) in [6.45, 7) is 8.99. The first kappa shape index (κ1) is 40.4. The lowest BCUT2D eigenvalue weighted by atomic mass is 10.0. The molecule has 5 atom stereocenters. The number of carbonyl (C=O) groups is 3. The van der Waals surface area contributed by atoms with Crippen LogP contribution in [0.15, 0.2) is 67.0 Å². The van der Waals surface area contributed by atoms with Crippen molar-refractivity contribution in [3.8, 4) is 33.8 Å². The number of carbonyl (C=O) groups excluding carboxylic acids is 3. The van der Waals surface area contributed by atoms with E-state index in [9.17, 15) is 19.5 Å². The van der Waals surface area contributed by atoms with Crippen LogP contribution < -0.4 is 10.6 Å². The highest BCUT2D eigenvalue weighted by Gasteiger charge is 2.39. The first-order chi connectivity index (χ1) is 27.9. The minimum Gasteiger partial charge on any atom is -0.453 e. The number of benzene rings is 2. The van der Waals surface area contributed by atoms with Crippen molar-refractivity contribution >= 4 is 29.0 Å². The Balaban J connectivity index is 1.02. The molecule has 5 unspecified atom stereocenters. The molecular weight excluding hydrogens is 739 g/mol. The quantitative estimate of drug-likeness (QED) is 0.0925. The first-order valence-corrected chi connectivity index (χ1v) is 20.0. The van der Waals surface area contributed by atoms with Gasteiger partial charge in [0.25, 0.3) is 0 Å². The number of pyridine rings is 1. The van der Waals surface area contributed by atoms with Crippen LogP contribution in [-0.4, -0.2) is 104 Å². The van der Waals surface area contributed by atoms with Gasteiger partial charge in [-0.2, -0.15) is 0 Å². The molecule has 15 heteroatoms. The third kappa shape index (κ3) is 8.41.